The number of piperazine rings is 1. The zero-order valence-electron chi connectivity index (χ0n) is 14.4. The van der Waals surface area contributed by atoms with Crippen molar-refractivity contribution in [3.05, 3.63) is 69.1 Å². The fourth-order valence-corrected chi connectivity index (χ4v) is 3.29. The first-order chi connectivity index (χ1) is 13.0. The Balaban J connectivity index is 1.65. The second-order valence-corrected chi connectivity index (χ2v) is 6.27. The van der Waals surface area contributed by atoms with Gasteiger partial charge in [0.15, 0.2) is 0 Å². The predicted molar refractivity (Wildman–Crippen MR) is 101 cm³/mol. The van der Waals surface area contributed by atoms with Gasteiger partial charge in [-0.3, -0.25) is 19.3 Å². The SMILES string of the molecule is O=c1c([N+](=O)[O-])c(N2CCN(c3ccc(O)cc3)CC2)nc2ccccn12. The van der Waals surface area contributed by atoms with Gasteiger partial charge in [-0.25, -0.2) is 4.98 Å². The van der Waals surface area contributed by atoms with Gasteiger partial charge in [0, 0.05) is 38.1 Å². The average Bonchev–Trinajstić information content (AvgIpc) is 2.68. The molecule has 1 N–H and O–H groups in total. The van der Waals surface area contributed by atoms with E-state index in [-0.39, 0.29) is 11.6 Å². The molecule has 1 saturated heterocycles. The number of benzene rings is 1. The number of anilines is 2. The fraction of sp³-hybridized carbons (Fsp3) is 0.222. The van der Waals surface area contributed by atoms with E-state index in [4.69, 9.17) is 0 Å². The summed E-state index contributed by atoms with van der Waals surface area (Å²) in [5.41, 5.74) is 0.163. The van der Waals surface area contributed by atoms with E-state index < -0.39 is 16.2 Å². The molecule has 1 fully saturated rings. The van der Waals surface area contributed by atoms with Crippen LogP contribution < -0.4 is 15.4 Å². The van der Waals surface area contributed by atoms with E-state index in [0.29, 0.717) is 31.8 Å². The Labute approximate surface area is 153 Å². The van der Waals surface area contributed by atoms with E-state index in [0.717, 1.165) is 5.69 Å². The summed E-state index contributed by atoms with van der Waals surface area (Å²) in [4.78, 5) is 31.7. The minimum atomic E-state index is -0.679. The largest absolute Gasteiger partial charge is 0.508 e. The van der Waals surface area contributed by atoms with Gasteiger partial charge >= 0.3 is 11.2 Å². The molecule has 1 aliphatic rings. The van der Waals surface area contributed by atoms with Crippen LogP contribution in [0.15, 0.2) is 53.5 Å². The first-order valence-electron chi connectivity index (χ1n) is 8.49. The standard InChI is InChI=1S/C18H17N5O4/c24-14-6-4-13(5-7-14)20-9-11-21(12-10-20)17-16(23(26)27)18(25)22-8-2-1-3-15(22)19-17/h1-8,24H,9-12H2. The lowest BCUT2D eigenvalue weighted by atomic mass is 10.2. The molecule has 3 aromatic rings. The molecular weight excluding hydrogens is 350 g/mol. The molecule has 0 unspecified atom stereocenters. The maximum atomic E-state index is 12.6. The third-order valence-corrected chi connectivity index (χ3v) is 4.67. The third kappa shape index (κ3) is 3.03. The van der Waals surface area contributed by atoms with Gasteiger partial charge in [0.05, 0.1) is 4.92 Å². The van der Waals surface area contributed by atoms with E-state index >= 15 is 0 Å². The number of hydrogen-bond donors (Lipinski definition) is 1. The number of phenols is 1. The number of hydrogen-bond acceptors (Lipinski definition) is 7. The summed E-state index contributed by atoms with van der Waals surface area (Å²) < 4.78 is 1.19. The molecule has 0 bridgehead atoms. The summed E-state index contributed by atoms with van der Waals surface area (Å²) in [7, 11) is 0. The Morgan fingerprint density at radius 3 is 2.33 bits per heavy atom. The molecule has 138 valence electrons. The van der Waals surface area contributed by atoms with Crippen LogP contribution in [-0.2, 0) is 0 Å². The van der Waals surface area contributed by atoms with Crippen LogP contribution in [0.4, 0.5) is 17.2 Å². The number of phenolic OH excluding ortho intramolecular Hbond substituents is 1. The van der Waals surface area contributed by atoms with Crippen LogP contribution in [0.5, 0.6) is 5.75 Å². The molecule has 0 amide bonds. The Bertz CT molecular complexity index is 1060. The molecule has 27 heavy (non-hydrogen) atoms. The highest BCUT2D eigenvalue weighted by Gasteiger charge is 2.29. The molecule has 0 radical (unpaired) electrons. The number of rotatable bonds is 3. The van der Waals surface area contributed by atoms with Crippen molar-refractivity contribution < 1.29 is 10.0 Å². The van der Waals surface area contributed by atoms with Crippen molar-refractivity contribution in [1.29, 1.82) is 0 Å². The first-order valence-corrected chi connectivity index (χ1v) is 8.49. The van der Waals surface area contributed by atoms with Crippen molar-refractivity contribution in [3.63, 3.8) is 0 Å². The molecule has 9 nitrogen and oxygen atoms in total. The van der Waals surface area contributed by atoms with Crippen molar-refractivity contribution in [2.75, 3.05) is 36.0 Å². The molecule has 3 heterocycles. The van der Waals surface area contributed by atoms with E-state index in [1.165, 1.54) is 10.6 Å². The van der Waals surface area contributed by atoms with E-state index in [9.17, 15) is 20.0 Å². The van der Waals surface area contributed by atoms with Crippen molar-refractivity contribution in [2.24, 2.45) is 0 Å². The second kappa shape index (κ2) is 6.60. The van der Waals surface area contributed by atoms with Crippen LogP contribution in [0.2, 0.25) is 0 Å². The molecular formula is C18H17N5O4. The van der Waals surface area contributed by atoms with Crippen LogP contribution in [0.25, 0.3) is 5.65 Å². The maximum absolute atomic E-state index is 12.6. The van der Waals surface area contributed by atoms with Crippen LogP contribution >= 0.6 is 0 Å². The van der Waals surface area contributed by atoms with Gasteiger partial charge < -0.3 is 14.9 Å². The Hall–Kier alpha value is -3.62. The lowest BCUT2D eigenvalue weighted by Gasteiger charge is -2.36. The molecule has 9 heteroatoms. The summed E-state index contributed by atoms with van der Waals surface area (Å²) in [5.74, 6) is 0.315. The lowest BCUT2D eigenvalue weighted by Crippen LogP contribution is -2.47. The quantitative estimate of drug-likeness (QED) is 0.554. The molecule has 1 aromatic carbocycles. The molecule has 0 saturated carbocycles. The van der Waals surface area contributed by atoms with Crippen molar-refractivity contribution in [2.45, 2.75) is 0 Å². The van der Waals surface area contributed by atoms with Crippen molar-refractivity contribution in [3.8, 4) is 5.75 Å². The van der Waals surface area contributed by atoms with Gasteiger partial charge in [-0.1, -0.05) is 6.07 Å². The molecule has 0 atom stereocenters. The van der Waals surface area contributed by atoms with Gasteiger partial charge in [-0.2, -0.15) is 0 Å². The first kappa shape index (κ1) is 16.8. The molecule has 0 spiro atoms. The Morgan fingerprint density at radius 2 is 1.67 bits per heavy atom. The number of aromatic hydroxyl groups is 1. The monoisotopic (exact) mass is 367 g/mol. The summed E-state index contributed by atoms with van der Waals surface area (Å²) in [6.07, 6.45) is 1.48. The smallest absolute Gasteiger partial charge is 0.376 e. The third-order valence-electron chi connectivity index (χ3n) is 4.67. The predicted octanol–water partition coefficient (Wildman–Crippen LogP) is 1.63. The van der Waals surface area contributed by atoms with Crippen molar-refractivity contribution >= 4 is 22.8 Å². The lowest BCUT2D eigenvalue weighted by molar-refractivity contribution is -0.385. The Morgan fingerprint density at radius 1 is 1.00 bits per heavy atom. The summed E-state index contributed by atoms with van der Waals surface area (Å²) >= 11 is 0. The molecule has 4 rings (SSSR count). The maximum Gasteiger partial charge on any atom is 0.376 e. The topological polar surface area (TPSA) is 104 Å². The number of nitro groups is 1. The zero-order chi connectivity index (χ0) is 19.0. The van der Waals surface area contributed by atoms with Gasteiger partial charge in [-0.05, 0) is 36.4 Å². The van der Waals surface area contributed by atoms with Crippen LogP contribution in [-0.4, -0.2) is 45.6 Å². The highest BCUT2D eigenvalue weighted by molar-refractivity contribution is 5.62. The van der Waals surface area contributed by atoms with Crippen LogP contribution in [0.1, 0.15) is 0 Å². The Kier molecular flexibility index (Phi) is 4.11. The summed E-state index contributed by atoms with van der Waals surface area (Å²) in [6.45, 7) is 2.24. The van der Waals surface area contributed by atoms with Crippen LogP contribution in [0.3, 0.4) is 0 Å². The second-order valence-electron chi connectivity index (χ2n) is 6.27. The highest BCUT2D eigenvalue weighted by Crippen LogP contribution is 2.26. The fourth-order valence-electron chi connectivity index (χ4n) is 3.29. The van der Waals surface area contributed by atoms with E-state index in [1.54, 1.807) is 35.2 Å². The van der Waals surface area contributed by atoms with Gasteiger partial charge in [-0.15, -0.1) is 0 Å². The molecule has 2 aromatic heterocycles. The average molecular weight is 367 g/mol. The van der Waals surface area contributed by atoms with Gasteiger partial charge in [0.1, 0.15) is 11.4 Å². The summed E-state index contributed by atoms with van der Waals surface area (Å²) in [6, 6.07) is 11.9. The molecule has 1 aliphatic heterocycles. The minimum Gasteiger partial charge on any atom is -0.508 e. The number of nitrogens with zero attached hydrogens (tertiary/aromatic N) is 5. The number of fused-ring (bicyclic) bond motifs is 1. The van der Waals surface area contributed by atoms with E-state index in [1.807, 2.05) is 12.1 Å². The normalized spacial score (nSPS) is 14.5. The van der Waals surface area contributed by atoms with Gasteiger partial charge in [0.25, 0.3) is 0 Å². The van der Waals surface area contributed by atoms with Gasteiger partial charge in [0.2, 0.25) is 5.82 Å². The zero-order valence-corrected chi connectivity index (χ0v) is 14.4. The van der Waals surface area contributed by atoms with Crippen molar-refractivity contribution in [1.82, 2.24) is 9.38 Å². The van der Waals surface area contributed by atoms with E-state index in [2.05, 4.69) is 9.88 Å². The molecule has 0 aliphatic carbocycles. The summed E-state index contributed by atoms with van der Waals surface area (Å²) in [5, 5.41) is 20.9. The van der Waals surface area contributed by atoms with Crippen LogP contribution in [0, 0.1) is 10.1 Å². The number of aromatic nitrogens is 2. The minimum absolute atomic E-state index is 0.113. The highest BCUT2D eigenvalue weighted by atomic mass is 16.6. The number of pyridine rings is 1.